The van der Waals surface area contributed by atoms with E-state index in [0.717, 1.165) is 28.9 Å². The number of hydrogen-bond acceptors (Lipinski definition) is 3. The Kier molecular flexibility index (Phi) is 5.91. The van der Waals surface area contributed by atoms with E-state index in [2.05, 4.69) is 24.4 Å². The fraction of sp³-hybridized carbons (Fsp3) is 0.200. The normalized spacial score (nSPS) is 16.0. The van der Waals surface area contributed by atoms with E-state index in [1.54, 1.807) is 11.8 Å². The van der Waals surface area contributed by atoms with Crippen LogP contribution < -0.4 is 10.2 Å². The number of benzene rings is 3. The Balaban J connectivity index is 1.52. The van der Waals surface area contributed by atoms with Crippen molar-refractivity contribution in [3.63, 3.8) is 0 Å². The van der Waals surface area contributed by atoms with Crippen LogP contribution in [-0.2, 0) is 11.2 Å². The van der Waals surface area contributed by atoms with E-state index in [1.165, 1.54) is 5.56 Å². The third-order valence-electron chi connectivity index (χ3n) is 5.33. The van der Waals surface area contributed by atoms with Crippen LogP contribution in [0.3, 0.4) is 0 Å². The maximum Gasteiger partial charge on any atom is 0.255 e. The molecule has 4 rings (SSSR count). The Morgan fingerprint density at radius 2 is 1.73 bits per heavy atom. The summed E-state index contributed by atoms with van der Waals surface area (Å²) in [7, 11) is 0. The molecule has 4 nitrogen and oxygen atoms in total. The number of rotatable bonds is 5. The standard InChI is InChI=1S/C25H24N2O2S/c1-3-18-8-14-21(15-9-18)27-23(28)16-30-25(27)19-10-12-20(13-11-19)26-24(29)22-7-5-4-6-17(22)2/h4-15,25H,3,16H2,1-2H3,(H,26,29)/t25-/m0/s1. The molecule has 3 aromatic rings. The molecule has 1 N–H and O–H groups in total. The minimum atomic E-state index is -0.121. The summed E-state index contributed by atoms with van der Waals surface area (Å²) in [6.07, 6.45) is 0.974. The van der Waals surface area contributed by atoms with Crippen LogP contribution in [0.1, 0.15) is 39.3 Å². The lowest BCUT2D eigenvalue weighted by Crippen LogP contribution is -2.27. The Morgan fingerprint density at radius 1 is 1.03 bits per heavy atom. The third kappa shape index (κ3) is 4.12. The molecule has 0 spiro atoms. The second kappa shape index (κ2) is 8.76. The average molecular weight is 417 g/mol. The molecule has 1 saturated heterocycles. The first-order valence-corrected chi connectivity index (χ1v) is 11.1. The Morgan fingerprint density at radius 3 is 2.40 bits per heavy atom. The van der Waals surface area contributed by atoms with Gasteiger partial charge in [-0.1, -0.05) is 49.4 Å². The molecule has 1 heterocycles. The van der Waals surface area contributed by atoms with Gasteiger partial charge in [0.2, 0.25) is 5.91 Å². The summed E-state index contributed by atoms with van der Waals surface area (Å²) in [5, 5.41) is 2.89. The fourth-order valence-corrected chi connectivity index (χ4v) is 4.78. The summed E-state index contributed by atoms with van der Waals surface area (Å²) in [5.74, 6) is 0.460. The number of hydrogen-bond donors (Lipinski definition) is 1. The number of amides is 2. The van der Waals surface area contributed by atoms with Crippen LogP contribution in [0.2, 0.25) is 0 Å². The first-order valence-electron chi connectivity index (χ1n) is 10.1. The zero-order valence-electron chi connectivity index (χ0n) is 17.1. The van der Waals surface area contributed by atoms with Crippen molar-refractivity contribution < 1.29 is 9.59 Å². The summed E-state index contributed by atoms with van der Waals surface area (Å²) in [6.45, 7) is 4.04. The van der Waals surface area contributed by atoms with Crippen molar-refractivity contribution in [2.24, 2.45) is 0 Å². The van der Waals surface area contributed by atoms with E-state index in [4.69, 9.17) is 0 Å². The molecule has 0 saturated carbocycles. The molecule has 1 aliphatic heterocycles. The predicted octanol–water partition coefficient (Wildman–Crippen LogP) is 5.59. The van der Waals surface area contributed by atoms with Gasteiger partial charge in [-0.3, -0.25) is 14.5 Å². The van der Waals surface area contributed by atoms with Crippen molar-refractivity contribution >= 4 is 35.0 Å². The molecule has 0 bridgehead atoms. The molecule has 1 atom stereocenters. The van der Waals surface area contributed by atoms with Gasteiger partial charge in [0.05, 0.1) is 5.75 Å². The molecule has 2 amide bonds. The highest BCUT2D eigenvalue weighted by Crippen LogP contribution is 2.42. The minimum Gasteiger partial charge on any atom is -0.322 e. The fourth-order valence-electron chi connectivity index (χ4n) is 3.60. The van der Waals surface area contributed by atoms with Gasteiger partial charge in [-0.15, -0.1) is 11.8 Å². The number of nitrogens with one attached hydrogen (secondary N) is 1. The van der Waals surface area contributed by atoms with Gasteiger partial charge in [0, 0.05) is 16.9 Å². The minimum absolute atomic E-state index is 0.0638. The van der Waals surface area contributed by atoms with Crippen LogP contribution in [0.25, 0.3) is 0 Å². The van der Waals surface area contributed by atoms with E-state index in [9.17, 15) is 9.59 Å². The molecule has 152 valence electrons. The summed E-state index contributed by atoms with van der Waals surface area (Å²) in [5.41, 5.74) is 5.56. The van der Waals surface area contributed by atoms with Gasteiger partial charge >= 0.3 is 0 Å². The highest BCUT2D eigenvalue weighted by Gasteiger charge is 2.33. The van der Waals surface area contributed by atoms with Gasteiger partial charge in [0.1, 0.15) is 5.37 Å². The monoisotopic (exact) mass is 416 g/mol. The lowest BCUT2D eigenvalue weighted by Gasteiger charge is -2.24. The predicted molar refractivity (Wildman–Crippen MR) is 124 cm³/mol. The average Bonchev–Trinajstić information content (AvgIpc) is 3.16. The van der Waals surface area contributed by atoms with Crippen molar-refractivity contribution in [3.8, 4) is 0 Å². The maximum absolute atomic E-state index is 12.6. The van der Waals surface area contributed by atoms with Gasteiger partial charge in [0.25, 0.3) is 5.91 Å². The number of thioether (sulfide) groups is 1. The number of nitrogens with zero attached hydrogens (tertiary/aromatic N) is 1. The molecule has 0 aliphatic carbocycles. The van der Waals surface area contributed by atoms with Crippen LogP contribution in [0.5, 0.6) is 0 Å². The zero-order valence-corrected chi connectivity index (χ0v) is 17.9. The molecule has 30 heavy (non-hydrogen) atoms. The Hall–Kier alpha value is -3.05. The number of carbonyl (C=O) groups is 2. The van der Waals surface area contributed by atoms with Gasteiger partial charge in [-0.05, 0) is 60.4 Å². The van der Waals surface area contributed by atoms with Crippen molar-refractivity contribution in [2.75, 3.05) is 16.0 Å². The number of carbonyl (C=O) groups excluding carboxylic acids is 2. The summed E-state index contributed by atoms with van der Waals surface area (Å²) in [4.78, 5) is 27.0. The highest BCUT2D eigenvalue weighted by molar-refractivity contribution is 8.00. The summed E-state index contributed by atoms with van der Waals surface area (Å²) in [6, 6.07) is 23.5. The van der Waals surface area contributed by atoms with E-state index >= 15 is 0 Å². The summed E-state index contributed by atoms with van der Waals surface area (Å²) < 4.78 is 0. The van der Waals surface area contributed by atoms with Crippen molar-refractivity contribution in [1.82, 2.24) is 0 Å². The topological polar surface area (TPSA) is 49.4 Å². The van der Waals surface area contributed by atoms with Crippen LogP contribution in [0.15, 0.2) is 72.8 Å². The number of aryl methyl sites for hydroxylation is 2. The van der Waals surface area contributed by atoms with Gasteiger partial charge in [0.15, 0.2) is 0 Å². The number of anilines is 2. The highest BCUT2D eigenvalue weighted by atomic mass is 32.2. The Labute approximate surface area is 181 Å². The smallest absolute Gasteiger partial charge is 0.255 e. The second-order valence-electron chi connectivity index (χ2n) is 7.34. The van der Waals surface area contributed by atoms with Gasteiger partial charge < -0.3 is 5.32 Å². The molecule has 1 fully saturated rings. The molecular weight excluding hydrogens is 392 g/mol. The first kappa shape index (κ1) is 20.2. The van der Waals surface area contributed by atoms with Crippen LogP contribution in [0.4, 0.5) is 11.4 Å². The van der Waals surface area contributed by atoms with Gasteiger partial charge in [-0.25, -0.2) is 0 Å². The second-order valence-corrected chi connectivity index (χ2v) is 8.41. The third-order valence-corrected chi connectivity index (χ3v) is 6.55. The SMILES string of the molecule is CCc1ccc(N2C(=O)CS[C@H]2c2ccc(NC(=O)c3ccccc3C)cc2)cc1. The van der Waals surface area contributed by atoms with Crippen LogP contribution >= 0.6 is 11.8 Å². The molecule has 0 unspecified atom stereocenters. The van der Waals surface area contributed by atoms with E-state index in [0.29, 0.717) is 11.3 Å². The molecule has 0 aromatic heterocycles. The van der Waals surface area contributed by atoms with Crippen molar-refractivity contribution in [2.45, 2.75) is 25.6 Å². The first-order chi connectivity index (χ1) is 14.6. The zero-order chi connectivity index (χ0) is 21.1. The molecule has 0 radical (unpaired) electrons. The molecule has 5 heteroatoms. The quantitative estimate of drug-likeness (QED) is 0.590. The summed E-state index contributed by atoms with van der Waals surface area (Å²) >= 11 is 1.62. The molecule has 3 aromatic carbocycles. The lowest BCUT2D eigenvalue weighted by molar-refractivity contribution is -0.115. The molecule has 1 aliphatic rings. The van der Waals surface area contributed by atoms with Crippen LogP contribution in [-0.4, -0.2) is 17.6 Å². The van der Waals surface area contributed by atoms with Gasteiger partial charge in [-0.2, -0.15) is 0 Å². The van der Waals surface area contributed by atoms with Crippen molar-refractivity contribution in [1.29, 1.82) is 0 Å². The van der Waals surface area contributed by atoms with Crippen molar-refractivity contribution in [3.05, 3.63) is 95.1 Å². The largest absolute Gasteiger partial charge is 0.322 e. The van der Waals surface area contributed by atoms with Crippen LogP contribution in [0, 0.1) is 6.92 Å². The van der Waals surface area contributed by atoms with E-state index in [-0.39, 0.29) is 17.2 Å². The van der Waals surface area contributed by atoms with E-state index in [1.807, 2.05) is 72.5 Å². The maximum atomic E-state index is 12.6. The Bertz CT molecular complexity index is 1060. The molecular formula is C25H24N2O2S. The lowest BCUT2D eigenvalue weighted by atomic mass is 10.1. The van der Waals surface area contributed by atoms with E-state index < -0.39 is 0 Å².